The van der Waals surface area contributed by atoms with Crippen molar-refractivity contribution in [3.63, 3.8) is 0 Å². The Hall–Kier alpha value is -2.18. The predicted molar refractivity (Wildman–Crippen MR) is 124 cm³/mol. The second-order valence-electron chi connectivity index (χ2n) is 7.59. The van der Waals surface area contributed by atoms with Gasteiger partial charge in [0.25, 0.3) is 20.2 Å². The van der Waals surface area contributed by atoms with Gasteiger partial charge >= 0.3 is 0 Å². The van der Waals surface area contributed by atoms with Gasteiger partial charge in [-0.3, -0.25) is 9.52 Å². The van der Waals surface area contributed by atoms with Gasteiger partial charge in [-0.15, -0.1) is 0 Å². The summed E-state index contributed by atoms with van der Waals surface area (Å²) in [5, 5.41) is 3.02. The number of carbonyl (C=O) groups excluding carboxylic acids is 1. The van der Waals surface area contributed by atoms with Gasteiger partial charge in [-0.05, 0) is 49.2 Å². The molecule has 2 N–H and O–H groups in total. The molecule has 174 valence electrons. The summed E-state index contributed by atoms with van der Waals surface area (Å²) in [6.07, 6.45) is 1.15. The lowest BCUT2D eigenvalue weighted by Crippen LogP contribution is -2.47. The Bertz CT molecular complexity index is 1180. The van der Waals surface area contributed by atoms with E-state index >= 15 is 0 Å². The molecule has 0 radical (unpaired) electrons. The van der Waals surface area contributed by atoms with Gasteiger partial charge in [0, 0.05) is 32.9 Å². The van der Waals surface area contributed by atoms with E-state index in [-0.39, 0.29) is 28.1 Å². The molecule has 1 amide bonds. The molecule has 3 rings (SSSR count). The Balaban J connectivity index is 1.66. The molecule has 32 heavy (non-hydrogen) atoms. The van der Waals surface area contributed by atoms with E-state index < -0.39 is 26.2 Å². The molecule has 1 aliphatic rings. The zero-order chi connectivity index (χ0) is 23.5. The van der Waals surface area contributed by atoms with Gasteiger partial charge in [-0.1, -0.05) is 23.7 Å². The van der Waals surface area contributed by atoms with E-state index in [0.29, 0.717) is 25.1 Å². The van der Waals surface area contributed by atoms with Crippen molar-refractivity contribution in [1.82, 2.24) is 8.61 Å². The van der Waals surface area contributed by atoms with Gasteiger partial charge in [-0.2, -0.15) is 17.0 Å². The fraction of sp³-hybridized carbons (Fsp3) is 0.350. The minimum atomic E-state index is -3.86. The molecule has 1 saturated heterocycles. The second-order valence-corrected chi connectivity index (χ2v) is 11.8. The lowest BCUT2D eigenvalue weighted by Gasteiger charge is -2.32. The highest BCUT2D eigenvalue weighted by molar-refractivity contribution is 7.92. The zero-order valence-electron chi connectivity index (χ0n) is 17.7. The maximum Gasteiger partial charge on any atom is 0.281 e. The highest BCUT2D eigenvalue weighted by Gasteiger charge is 2.33. The van der Waals surface area contributed by atoms with Crippen molar-refractivity contribution >= 4 is 49.1 Å². The van der Waals surface area contributed by atoms with E-state index in [1.54, 1.807) is 24.3 Å². The van der Waals surface area contributed by atoms with Crippen molar-refractivity contribution in [2.45, 2.75) is 17.7 Å². The van der Waals surface area contributed by atoms with Gasteiger partial charge in [0.05, 0.1) is 21.5 Å². The molecule has 1 unspecified atom stereocenters. The summed E-state index contributed by atoms with van der Waals surface area (Å²) >= 11 is 6.01. The zero-order valence-corrected chi connectivity index (χ0v) is 20.0. The molecular formula is C20H25ClN4O5S2. The minimum Gasteiger partial charge on any atom is -0.326 e. The van der Waals surface area contributed by atoms with Crippen LogP contribution in [0.2, 0.25) is 5.02 Å². The van der Waals surface area contributed by atoms with E-state index in [0.717, 1.165) is 4.31 Å². The van der Waals surface area contributed by atoms with Crippen molar-refractivity contribution < 1.29 is 21.6 Å². The van der Waals surface area contributed by atoms with Crippen LogP contribution >= 0.6 is 11.6 Å². The Morgan fingerprint density at radius 3 is 2.34 bits per heavy atom. The highest BCUT2D eigenvalue weighted by Crippen LogP contribution is 2.25. The number of nitrogens with zero attached hydrogens (tertiary/aromatic N) is 2. The number of benzene rings is 2. The average Bonchev–Trinajstić information content (AvgIpc) is 2.75. The minimum absolute atomic E-state index is 0.0105. The monoisotopic (exact) mass is 500 g/mol. The number of para-hydroxylation sites is 1. The van der Waals surface area contributed by atoms with Gasteiger partial charge in [0.15, 0.2) is 0 Å². The van der Waals surface area contributed by atoms with Crippen molar-refractivity contribution in [3.05, 3.63) is 53.6 Å². The van der Waals surface area contributed by atoms with Crippen LogP contribution in [0.25, 0.3) is 0 Å². The van der Waals surface area contributed by atoms with Crippen LogP contribution in [0, 0.1) is 5.92 Å². The molecule has 0 saturated carbocycles. The van der Waals surface area contributed by atoms with E-state index in [1.165, 1.54) is 42.7 Å². The quantitative estimate of drug-likeness (QED) is 0.606. The molecule has 0 spiro atoms. The standard InChI is InChI=1S/C20H25ClN4O5S2/c1-24(2)32(29,30)25-13-5-6-15(14-25)20(26)22-16-9-11-17(12-10-16)31(27,28)23-19-8-4-3-7-18(19)21/h3-4,7-12,15,23H,5-6,13-14H2,1-2H3,(H,22,26). The largest absolute Gasteiger partial charge is 0.326 e. The molecule has 0 bridgehead atoms. The first-order valence-corrected chi connectivity index (χ1v) is 13.1. The van der Waals surface area contributed by atoms with Crippen LogP contribution in [-0.2, 0) is 25.0 Å². The number of piperidine rings is 1. The normalized spacial score (nSPS) is 17.8. The topological polar surface area (TPSA) is 116 Å². The Morgan fingerprint density at radius 1 is 1.06 bits per heavy atom. The second kappa shape index (κ2) is 9.75. The lowest BCUT2D eigenvalue weighted by molar-refractivity contribution is -0.120. The van der Waals surface area contributed by atoms with Crippen LogP contribution in [0.3, 0.4) is 0 Å². The summed E-state index contributed by atoms with van der Waals surface area (Å²) in [5.41, 5.74) is 0.681. The molecule has 2 aromatic rings. The molecule has 0 aromatic heterocycles. The number of nitrogens with one attached hydrogen (secondary N) is 2. The van der Waals surface area contributed by atoms with E-state index in [9.17, 15) is 21.6 Å². The van der Waals surface area contributed by atoms with Crippen LogP contribution in [0.15, 0.2) is 53.4 Å². The number of anilines is 2. The van der Waals surface area contributed by atoms with E-state index in [4.69, 9.17) is 11.6 Å². The molecular weight excluding hydrogens is 476 g/mol. The van der Waals surface area contributed by atoms with Crippen molar-refractivity contribution in [1.29, 1.82) is 0 Å². The van der Waals surface area contributed by atoms with Gasteiger partial charge in [0.2, 0.25) is 5.91 Å². The maximum absolute atomic E-state index is 12.7. The first kappa shape index (κ1) is 24.5. The number of halogens is 1. The van der Waals surface area contributed by atoms with Gasteiger partial charge in [-0.25, -0.2) is 8.42 Å². The summed E-state index contributed by atoms with van der Waals surface area (Å²) in [6.45, 7) is 0.468. The summed E-state index contributed by atoms with van der Waals surface area (Å²) in [6, 6.07) is 12.2. The van der Waals surface area contributed by atoms with Crippen molar-refractivity contribution in [2.24, 2.45) is 5.92 Å². The lowest BCUT2D eigenvalue weighted by atomic mass is 9.99. The molecule has 1 atom stereocenters. The maximum atomic E-state index is 12.7. The third-order valence-corrected chi connectivity index (χ3v) is 8.71. The van der Waals surface area contributed by atoms with Crippen molar-refractivity contribution in [2.75, 3.05) is 37.2 Å². The number of hydrogen-bond donors (Lipinski definition) is 2. The van der Waals surface area contributed by atoms with Gasteiger partial charge < -0.3 is 5.32 Å². The number of carbonyl (C=O) groups is 1. The molecule has 1 heterocycles. The molecule has 1 aliphatic heterocycles. The van der Waals surface area contributed by atoms with Crippen LogP contribution in [0.1, 0.15) is 12.8 Å². The van der Waals surface area contributed by atoms with Gasteiger partial charge in [0.1, 0.15) is 0 Å². The number of hydrogen-bond acceptors (Lipinski definition) is 5. The van der Waals surface area contributed by atoms with Crippen molar-refractivity contribution in [3.8, 4) is 0 Å². The molecule has 0 aliphatic carbocycles. The molecule has 1 fully saturated rings. The summed E-state index contributed by atoms with van der Waals surface area (Å²) in [7, 11) is -4.54. The Kier molecular flexibility index (Phi) is 7.46. The third kappa shape index (κ3) is 5.59. The first-order chi connectivity index (χ1) is 15.0. The summed E-state index contributed by atoms with van der Waals surface area (Å²) in [5.74, 6) is -0.808. The first-order valence-electron chi connectivity index (χ1n) is 9.86. The van der Waals surface area contributed by atoms with Crippen LogP contribution in [0.4, 0.5) is 11.4 Å². The predicted octanol–water partition coefficient (Wildman–Crippen LogP) is 2.60. The Labute approximate surface area is 193 Å². The van der Waals surface area contributed by atoms with Crippen LogP contribution in [-0.4, -0.2) is 58.5 Å². The third-order valence-electron chi connectivity index (χ3n) is 5.09. The van der Waals surface area contributed by atoms with E-state index in [1.807, 2.05) is 0 Å². The Morgan fingerprint density at radius 2 is 1.72 bits per heavy atom. The van der Waals surface area contributed by atoms with Crippen LogP contribution < -0.4 is 10.0 Å². The fourth-order valence-corrected chi connectivity index (χ4v) is 5.82. The smallest absolute Gasteiger partial charge is 0.281 e. The van der Waals surface area contributed by atoms with E-state index in [2.05, 4.69) is 10.0 Å². The highest BCUT2D eigenvalue weighted by atomic mass is 35.5. The number of sulfonamides is 1. The average molecular weight is 501 g/mol. The summed E-state index contributed by atoms with van der Waals surface area (Å²) in [4.78, 5) is 12.7. The number of amides is 1. The summed E-state index contributed by atoms with van der Waals surface area (Å²) < 4.78 is 54.7. The molecule has 9 nitrogen and oxygen atoms in total. The fourth-order valence-electron chi connectivity index (χ4n) is 3.31. The molecule has 12 heteroatoms. The number of rotatable bonds is 7. The SMILES string of the molecule is CN(C)S(=O)(=O)N1CCCC(C(=O)Nc2ccc(S(=O)(=O)Nc3ccccc3Cl)cc2)C1. The van der Waals surface area contributed by atoms with Crippen LogP contribution in [0.5, 0.6) is 0 Å². The molecule has 2 aromatic carbocycles.